The molecular weight excluding hydrogens is 360 g/mol. The highest BCUT2D eigenvalue weighted by atomic mass is 16.2. The Morgan fingerprint density at radius 1 is 0.931 bits per heavy atom. The predicted octanol–water partition coefficient (Wildman–Crippen LogP) is 4.77. The van der Waals surface area contributed by atoms with E-state index in [1.165, 1.54) is 0 Å². The molecule has 4 nitrogen and oxygen atoms in total. The Labute approximate surface area is 171 Å². The van der Waals surface area contributed by atoms with Crippen LogP contribution in [0.1, 0.15) is 49.4 Å². The van der Waals surface area contributed by atoms with Crippen LogP contribution in [-0.4, -0.2) is 23.3 Å². The van der Waals surface area contributed by atoms with Gasteiger partial charge in [0.1, 0.15) is 6.04 Å². The smallest absolute Gasteiger partial charge is 0.247 e. The highest BCUT2D eigenvalue weighted by molar-refractivity contribution is 5.90. The molecule has 2 atom stereocenters. The lowest BCUT2D eigenvalue weighted by Crippen LogP contribution is -2.46. The van der Waals surface area contributed by atoms with Gasteiger partial charge in [-0.1, -0.05) is 72.8 Å². The lowest BCUT2D eigenvalue weighted by molar-refractivity contribution is -0.143. The summed E-state index contributed by atoms with van der Waals surface area (Å²) < 4.78 is 0. The minimum atomic E-state index is -0.596. The van der Waals surface area contributed by atoms with E-state index in [4.69, 9.17) is 0 Å². The van der Waals surface area contributed by atoms with Crippen LogP contribution in [0.2, 0.25) is 0 Å². The summed E-state index contributed by atoms with van der Waals surface area (Å²) in [6, 6.07) is 23.2. The van der Waals surface area contributed by atoms with Crippen molar-refractivity contribution in [3.63, 3.8) is 0 Å². The average Bonchev–Trinajstić information content (AvgIpc) is 2.75. The Hall–Kier alpha value is -3.14. The maximum absolute atomic E-state index is 13.4. The fourth-order valence-corrected chi connectivity index (χ4v) is 4.21. The normalized spacial score (nSPS) is 16.4. The first-order valence-electron chi connectivity index (χ1n) is 10.3. The summed E-state index contributed by atoms with van der Waals surface area (Å²) in [5, 5.41) is 5.45. The quantitative estimate of drug-likeness (QED) is 0.687. The second kappa shape index (κ2) is 8.48. The van der Waals surface area contributed by atoms with Gasteiger partial charge < -0.3 is 10.2 Å². The topological polar surface area (TPSA) is 49.4 Å². The molecule has 2 amide bonds. The number of carbonyl (C=O) groups excluding carboxylic acids is 2. The monoisotopic (exact) mass is 386 g/mol. The Balaban J connectivity index is 1.63. The minimum absolute atomic E-state index is 0.0538. The van der Waals surface area contributed by atoms with Crippen LogP contribution in [0.25, 0.3) is 10.8 Å². The summed E-state index contributed by atoms with van der Waals surface area (Å²) >= 11 is 0. The van der Waals surface area contributed by atoms with Gasteiger partial charge in [0.05, 0.1) is 6.04 Å². The van der Waals surface area contributed by atoms with Crippen molar-refractivity contribution in [2.75, 3.05) is 6.54 Å². The first kappa shape index (κ1) is 19.2. The van der Waals surface area contributed by atoms with Gasteiger partial charge in [0.25, 0.3) is 0 Å². The number of nitrogens with one attached hydrogen (secondary N) is 1. The summed E-state index contributed by atoms with van der Waals surface area (Å²) in [6.07, 6.45) is 2.33. The van der Waals surface area contributed by atoms with Gasteiger partial charge in [-0.05, 0) is 41.7 Å². The average molecular weight is 386 g/mol. The molecule has 4 heteroatoms. The number of amides is 2. The van der Waals surface area contributed by atoms with Gasteiger partial charge in [-0.2, -0.15) is 0 Å². The molecule has 3 aromatic carbocycles. The maximum atomic E-state index is 13.4. The zero-order chi connectivity index (χ0) is 20.2. The molecule has 1 heterocycles. The van der Waals surface area contributed by atoms with E-state index >= 15 is 0 Å². The third kappa shape index (κ3) is 4.02. The molecule has 1 N–H and O–H groups in total. The number of rotatable bonds is 5. The second-order valence-corrected chi connectivity index (χ2v) is 7.66. The number of hydrogen-bond donors (Lipinski definition) is 1. The second-order valence-electron chi connectivity index (χ2n) is 7.66. The molecule has 1 aliphatic heterocycles. The lowest BCUT2D eigenvalue weighted by atomic mass is 9.97. The van der Waals surface area contributed by atoms with Crippen molar-refractivity contribution in [3.8, 4) is 0 Å². The SMILES string of the molecule is CC(NC(=O)C(c1ccccc1)N1CCCCC1=O)c1cccc2ccccc12. The van der Waals surface area contributed by atoms with Crippen LogP contribution >= 0.6 is 0 Å². The molecule has 1 saturated heterocycles. The number of piperidine rings is 1. The first-order chi connectivity index (χ1) is 14.1. The van der Waals surface area contributed by atoms with E-state index in [2.05, 4.69) is 29.6 Å². The number of nitrogens with zero attached hydrogens (tertiary/aromatic N) is 1. The van der Waals surface area contributed by atoms with Crippen LogP contribution in [0.5, 0.6) is 0 Å². The molecule has 1 fully saturated rings. The van der Waals surface area contributed by atoms with Crippen LogP contribution in [0.4, 0.5) is 0 Å². The summed E-state index contributed by atoms with van der Waals surface area (Å²) in [6.45, 7) is 2.62. The van der Waals surface area contributed by atoms with Gasteiger partial charge in [0.2, 0.25) is 11.8 Å². The van der Waals surface area contributed by atoms with Crippen molar-refractivity contribution in [1.82, 2.24) is 10.2 Å². The van der Waals surface area contributed by atoms with Gasteiger partial charge in [0, 0.05) is 13.0 Å². The van der Waals surface area contributed by atoms with Gasteiger partial charge in [-0.15, -0.1) is 0 Å². The van der Waals surface area contributed by atoms with E-state index in [1.807, 2.05) is 55.5 Å². The van der Waals surface area contributed by atoms with Crippen LogP contribution in [-0.2, 0) is 9.59 Å². The van der Waals surface area contributed by atoms with E-state index in [0.29, 0.717) is 13.0 Å². The van der Waals surface area contributed by atoms with Gasteiger partial charge >= 0.3 is 0 Å². The van der Waals surface area contributed by atoms with Crippen LogP contribution in [0, 0.1) is 0 Å². The molecule has 0 bridgehead atoms. The summed E-state index contributed by atoms with van der Waals surface area (Å²) in [5.74, 6) is -0.0787. The van der Waals surface area contributed by atoms with E-state index < -0.39 is 6.04 Å². The zero-order valence-corrected chi connectivity index (χ0v) is 16.7. The standard InChI is InChI=1S/C25H26N2O2/c1-18(21-15-9-13-19-10-5-6-14-22(19)21)26-25(29)24(20-11-3-2-4-12-20)27-17-8-7-16-23(27)28/h2-6,9-15,18,24H,7-8,16-17H2,1H3,(H,26,29). The predicted molar refractivity (Wildman–Crippen MR) is 115 cm³/mol. The molecule has 2 unspecified atom stereocenters. The molecule has 29 heavy (non-hydrogen) atoms. The Morgan fingerprint density at radius 3 is 2.45 bits per heavy atom. The summed E-state index contributed by atoms with van der Waals surface area (Å²) in [4.78, 5) is 27.7. The molecule has 0 aromatic heterocycles. The molecule has 0 saturated carbocycles. The molecule has 3 aromatic rings. The number of benzene rings is 3. The third-order valence-corrected chi connectivity index (χ3v) is 5.68. The van der Waals surface area contributed by atoms with Crippen molar-refractivity contribution < 1.29 is 9.59 Å². The zero-order valence-electron chi connectivity index (χ0n) is 16.7. The number of fused-ring (bicyclic) bond motifs is 1. The van der Waals surface area contributed by atoms with Crippen molar-refractivity contribution in [2.45, 2.75) is 38.3 Å². The molecule has 1 aliphatic rings. The van der Waals surface area contributed by atoms with E-state index in [-0.39, 0.29) is 17.9 Å². The minimum Gasteiger partial charge on any atom is -0.347 e. The Bertz CT molecular complexity index is 1010. The molecular formula is C25H26N2O2. The largest absolute Gasteiger partial charge is 0.347 e. The number of likely N-dealkylation sites (tertiary alicyclic amines) is 1. The number of carbonyl (C=O) groups is 2. The van der Waals surface area contributed by atoms with E-state index in [1.54, 1.807) is 4.90 Å². The summed E-state index contributed by atoms with van der Waals surface area (Å²) in [7, 11) is 0. The van der Waals surface area contributed by atoms with Crippen molar-refractivity contribution in [2.24, 2.45) is 0 Å². The van der Waals surface area contributed by atoms with Gasteiger partial charge in [0.15, 0.2) is 0 Å². The van der Waals surface area contributed by atoms with Gasteiger partial charge in [-0.25, -0.2) is 0 Å². The van der Waals surface area contributed by atoms with Crippen LogP contribution in [0.15, 0.2) is 72.8 Å². The highest BCUT2D eigenvalue weighted by Gasteiger charge is 2.33. The molecule has 148 valence electrons. The number of hydrogen-bond acceptors (Lipinski definition) is 2. The van der Waals surface area contributed by atoms with Crippen LogP contribution < -0.4 is 5.32 Å². The van der Waals surface area contributed by atoms with E-state index in [9.17, 15) is 9.59 Å². The fraction of sp³-hybridized carbons (Fsp3) is 0.280. The van der Waals surface area contributed by atoms with Crippen molar-refractivity contribution in [3.05, 3.63) is 83.9 Å². The summed E-state index contributed by atoms with van der Waals surface area (Å²) in [5.41, 5.74) is 1.93. The fourth-order valence-electron chi connectivity index (χ4n) is 4.21. The van der Waals surface area contributed by atoms with Crippen molar-refractivity contribution in [1.29, 1.82) is 0 Å². The van der Waals surface area contributed by atoms with E-state index in [0.717, 1.165) is 34.7 Å². The van der Waals surface area contributed by atoms with Gasteiger partial charge in [-0.3, -0.25) is 9.59 Å². The Morgan fingerprint density at radius 2 is 1.66 bits per heavy atom. The molecule has 0 aliphatic carbocycles. The maximum Gasteiger partial charge on any atom is 0.247 e. The molecule has 0 spiro atoms. The third-order valence-electron chi connectivity index (χ3n) is 5.68. The van der Waals surface area contributed by atoms with Crippen LogP contribution in [0.3, 0.4) is 0 Å². The first-order valence-corrected chi connectivity index (χ1v) is 10.3. The molecule has 4 rings (SSSR count). The lowest BCUT2D eigenvalue weighted by Gasteiger charge is -2.34. The van der Waals surface area contributed by atoms with Crippen molar-refractivity contribution >= 4 is 22.6 Å². The Kier molecular flexibility index (Phi) is 5.61. The molecule has 0 radical (unpaired) electrons. The highest BCUT2D eigenvalue weighted by Crippen LogP contribution is 2.28.